The van der Waals surface area contributed by atoms with Gasteiger partial charge in [-0.15, -0.1) is 0 Å². The van der Waals surface area contributed by atoms with E-state index < -0.39 is 0 Å². The summed E-state index contributed by atoms with van der Waals surface area (Å²) in [5.74, 6) is 0. The molecule has 0 unspecified atom stereocenters. The number of fused-ring (bicyclic) bond motifs is 6. The van der Waals surface area contributed by atoms with Crippen LogP contribution in [0.5, 0.6) is 0 Å². The third kappa shape index (κ3) is 6.64. The molecule has 0 fully saturated rings. The molecule has 1 nitrogen and oxygen atoms in total. The second kappa shape index (κ2) is 15.8. The maximum atomic E-state index is 2.52. The predicted molar refractivity (Wildman–Crippen MR) is 286 cm³/mol. The first kappa shape index (κ1) is 38.4. The third-order valence-corrected chi connectivity index (χ3v) is 13.5. The first-order chi connectivity index (χ1) is 30.9. The van der Waals surface area contributed by atoms with Gasteiger partial charge in [0, 0.05) is 17.1 Å². The minimum Gasteiger partial charge on any atom is -0.312 e. The molecular weight excluding hydrogens is 754 g/mol. The van der Waals surface area contributed by atoms with Gasteiger partial charge in [0.25, 0.3) is 0 Å². The van der Waals surface area contributed by atoms with E-state index in [1.165, 1.54) is 115 Å². The zero-order valence-electron chi connectivity index (χ0n) is 36.2. The fourth-order valence-electron chi connectivity index (χ4n) is 10.1. The Balaban J connectivity index is 1.12. The van der Waals surface area contributed by atoms with E-state index >= 15 is 0 Å². The first-order valence-corrected chi connectivity index (χ1v) is 22.0. The van der Waals surface area contributed by atoms with Gasteiger partial charge in [-0.25, -0.2) is 0 Å². The summed E-state index contributed by atoms with van der Waals surface area (Å²) in [6.45, 7) is 0. The van der Waals surface area contributed by atoms with Crippen molar-refractivity contribution in [1.29, 1.82) is 0 Å². The molecule has 0 spiro atoms. The van der Waals surface area contributed by atoms with Crippen molar-refractivity contribution in [3.63, 3.8) is 0 Å². The lowest BCUT2D eigenvalue weighted by molar-refractivity contribution is 1.31. The fraction of sp³-hybridized carbons (Fsp3) is 0. The number of hydrogen-bond acceptors (Lipinski definition) is 1. The van der Waals surface area contributed by atoms with Crippen LogP contribution < -0.4 is 26.8 Å². The normalized spacial score (nSPS) is 11.4. The molecule has 0 saturated heterocycles. The molecule has 0 atom stereocenters. The minimum absolute atomic E-state index is 1.12. The fourth-order valence-corrected chi connectivity index (χ4v) is 10.1. The highest BCUT2D eigenvalue weighted by Gasteiger charge is 2.24. The van der Waals surface area contributed by atoms with Crippen LogP contribution in [0, 0.1) is 0 Å². The average Bonchev–Trinajstić information content (AvgIpc) is 3.35. The lowest BCUT2D eigenvalue weighted by Gasteiger charge is -2.33. The van der Waals surface area contributed by atoms with Gasteiger partial charge in [0.15, 0.2) is 0 Å². The van der Waals surface area contributed by atoms with Gasteiger partial charge in [0.05, 0.1) is 0 Å². The molecule has 11 aromatic carbocycles. The highest BCUT2D eigenvalue weighted by Crippen LogP contribution is 2.42. The van der Waals surface area contributed by atoms with E-state index in [2.05, 4.69) is 249 Å². The highest BCUT2D eigenvalue weighted by atomic mass is 15.1. The van der Waals surface area contributed by atoms with E-state index in [9.17, 15) is 0 Å². The Morgan fingerprint density at radius 3 is 1.14 bits per heavy atom. The van der Waals surface area contributed by atoms with Crippen LogP contribution in [0.1, 0.15) is 0 Å². The summed E-state index contributed by atoms with van der Waals surface area (Å²) < 4.78 is 0. The Morgan fingerprint density at radius 1 is 0.270 bits per heavy atom. The highest BCUT2D eigenvalue weighted by molar-refractivity contribution is 6.63. The molecule has 0 bridgehead atoms. The zero-order valence-corrected chi connectivity index (χ0v) is 36.2. The molecule has 11 aromatic rings. The van der Waals surface area contributed by atoms with E-state index in [0.717, 1.165) is 11.4 Å². The van der Waals surface area contributed by atoms with Gasteiger partial charge in [0.2, 0.25) is 0 Å². The predicted octanol–water partition coefficient (Wildman–Crippen LogP) is 9.47. The lowest BCUT2D eigenvalue weighted by atomic mass is 9.64. The van der Waals surface area contributed by atoms with Crippen molar-refractivity contribution in [3.8, 4) is 44.5 Å². The van der Waals surface area contributed by atoms with Crippen LogP contribution in [-0.2, 0) is 0 Å². The number of rotatable bonds is 7. The molecule has 0 aromatic heterocycles. The number of nitrogens with zero attached hydrogens (tertiary/aromatic N) is 1. The van der Waals surface area contributed by atoms with Crippen molar-refractivity contribution >= 4 is 113 Å². The van der Waals surface area contributed by atoms with E-state index in [1.54, 1.807) is 0 Å². The van der Waals surface area contributed by atoms with Crippen molar-refractivity contribution in [2.75, 3.05) is 4.90 Å². The van der Waals surface area contributed by atoms with Crippen LogP contribution in [0.2, 0.25) is 0 Å². The number of hydrogen-bond donors (Lipinski definition) is 0. The van der Waals surface area contributed by atoms with Gasteiger partial charge in [0.1, 0.15) is 31.4 Å². The second-order valence-electron chi connectivity index (χ2n) is 17.0. The average molecular weight is 797 g/mol. The van der Waals surface area contributed by atoms with Crippen molar-refractivity contribution in [3.05, 3.63) is 212 Å². The maximum Gasteiger partial charge on any atom is 0.141 e. The molecule has 0 saturated carbocycles. The van der Waals surface area contributed by atoms with Crippen LogP contribution >= 0.6 is 0 Å². The van der Waals surface area contributed by atoms with Gasteiger partial charge in [-0.3, -0.25) is 0 Å². The molecule has 0 aliphatic carbocycles. The van der Waals surface area contributed by atoms with E-state index in [4.69, 9.17) is 0 Å². The second-order valence-corrected chi connectivity index (χ2v) is 17.0. The summed E-state index contributed by atoms with van der Waals surface area (Å²) in [6, 6.07) is 78.1. The largest absolute Gasteiger partial charge is 0.312 e. The SMILES string of the molecule is Bc1c(B)c(N(c2cccc(-c3cc4ccccc4c4ccccc34)c2)c2cccc(-c3cc4ccccc4c4ccccc34)c2)c(B)c(B)c1-c1ccc(-c2ccccc2)cc1. The molecule has 0 aliphatic rings. The van der Waals surface area contributed by atoms with Gasteiger partial charge < -0.3 is 4.90 Å². The summed E-state index contributed by atoms with van der Waals surface area (Å²) in [5, 5.41) is 10.1. The van der Waals surface area contributed by atoms with Gasteiger partial charge in [-0.1, -0.05) is 198 Å². The van der Waals surface area contributed by atoms with Crippen molar-refractivity contribution < 1.29 is 0 Å². The van der Waals surface area contributed by atoms with Gasteiger partial charge in [-0.2, -0.15) is 0 Å². The molecule has 63 heavy (non-hydrogen) atoms. The smallest absolute Gasteiger partial charge is 0.141 e. The van der Waals surface area contributed by atoms with Gasteiger partial charge >= 0.3 is 0 Å². The molecule has 0 radical (unpaired) electrons. The molecule has 0 aliphatic heterocycles. The standard InChI is InChI=1S/C58H43B4N/c59-54-53(38-30-28-37(29-31-38)36-14-2-1-3-15-36)55(60)57(62)58(56(54)61)63(43-20-12-18-39(32-43)51-34-41-16-4-6-22-45(41)47-24-8-10-26-49(47)51)44-21-13-19-40(33-44)52-35-42-17-5-7-23-46(42)48-25-9-11-27-50(48)52/h1-35H,59-62H2. The van der Waals surface area contributed by atoms with Crippen LogP contribution in [0.15, 0.2) is 212 Å². The lowest BCUT2D eigenvalue weighted by Crippen LogP contribution is -2.46. The van der Waals surface area contributed by atoms with Crippen LogP contribution in [0.4, 0.5) is 17.1 Å². The summed E-state index contributed by atoms with van der Waals surface area (Å²) >= 11 is 0. The third-order valence-electron chi connectivity index (χ3n) is 13.5. The number of benzene rings is 11. The minimum atomic E-state index is 1.12. The molecule has 0 heterocycles. The Bertz CT molecular complexity index is 3370. The summed E-state index contributed by atoms with van der Waals surface area (Å²) in [4.78, 5) is 2.52. The van der Waals surface area contributed by atoms with Crippen molar-refractivity contribution in [2.45, 2.75) is 0 Å². The van der Waals surface area contributed by atoms with E-state index in [1.807, 2.05) is 0 Å². The molecule has 0 amide bonds. The molecular formula is C58H43B4N. The first-order valence-electron chi connectivity index (χ1n) is 22.0. The number of anilines is 3. The molecule has 0 N–H and O–H groups in total. The molecule has 11 rings (SSSR count). The summed E-state index contributed by atoms with van der Waals surface area (Å²) in [5.41, 5.74) is 18.4. The maximum absolute atomic E-state index is 2.52. The quantitative estimate of drug-likeness (QED) is 0.115. The summed E-state index contributed by atoms with van der Waals surface area (Å²) in [6.07, 6.45) is 0. The topological polar surface area (TPSA) is 3.24 Å². The monoisotopic (exact) mass is 797 g/mol. The van der Waals surface area contributed by atoms with Gasteiger partial charge in [-0.05, 0) is 124 Å². The Morgan fingerprint density at radius 2 is 0.651 bits per heavy atom. The Labute approximate surface area is 373 Å². The van der Waals surface area contributed by atoms with Crippen LogP contribution in [0.25, 0.3) is 87.6 Å². The summed E-state index contributed by atoms with van der Waals surface area (Å²) in [7, 11) is 9.24. The Hall–Kier alpha value is -7.48. The molecule has 292 valence electrons. The molecule has 5 heteroatoms. The van der Waals surface area contributed by atoms with E-state index in [0.29, 0.717) is 0 Å². The zero-order chi connectivity index (χ0) is 42.6. The van der Waals surface area contributed by atoms with Crippen LogP contribution in [-0.4, -0.2) is 31.4 Å². The Kier molecular flexibility index (Phi) is 9.62. The van der Waals surface area contributed by atoms with Crippen LogP contribution in [0.3, 0.4) is 0 Å². The van der Waals surface area contributed by atoms with Crippen molar-refractivity contribution in [1.82, 2.24) is 0 Å². The van der Waals surface area contributed by atoms with Crippen molar-refractivity contribution in [2.24, 2.45) is 0 Å². The van der Waals surface area contributed by atoms with E-state index in [-0.39, 0.29) is 0 Å².